The summed E-state index contributed by atoms with van der Waals surface area (Å²) in [5.41, 5.74) is 2.31. The molecule has 29 heavy (non-hydrogen) atoms. The Balaban J connectivity index is 1.47. The molecule has 150 valence electrons. The van der Waals surface area contributed by atoms with Gasteiger partial charge in [0.05, 0.1) is 13.0 Å². The molecule has 1 aromatic heterocycles. The zero-order valence-electron chi connectivity index (χ0n) is 16.1. The molecule has 0 fully saturated rings. The van der Waals surface area contributed by atoms with Gasteiger partial charge in [0.25, 0.3) is 5.91 Å². The maximum Gasteiger partial charge on any atom is 0.309 e. The Kier molecular flexibility index (Phi) is 7.35. The van der Waals surface area contributed by atoms with E-state index in [2.05, 4.69) is 4.99 Å². The van der Waals surface area contributed by atoms with E-state index in [1.54, 1.807) is 12.1 Å². The minimum absolute atomic E-state index is 0.0641. The number of esters is 1. The summed E-state index contributed by atoms with van der Waals surface area (Å²) in [6.07, 6.45) is 1.94. The topological polar surface area (TPSA) is 69.9 Å². The third kappa shape index (κ3) is 6.73. The summed E-state index contributed by atoms with van der Waals surface area (Å²) in [6, 6.07) is 17.4. The summed E-state index contributed by atoms with van der Waals surface area (Å²) in [4.78, 5) is 28.5. The van der Waals surface area contributed by atoms with Crippen LogP contribution >= 0.6 is 11.3 Å². The van der Waals surface area contributed by atoms with Crippen LogP contribution in [-0.4, -0.2) is 29.7 Å². The minimum atomic E-state index is -0.498. The molecule has 1 heterocycles. The quantitative estimate of drug-likeness (QED) is 0.534. The Labute approximate surface area is 173 Å². The molecule has 6 nitrogen and oxygen atoms in total. The lowest BCUT2D eigenvalue weighted by atomic mass is 10.1. The minimum Gasteiger partial charge on any atom is -0.493 e. The zero-order valence-corrected chi connectivity index (χ0v) is 16.9. The van der Waals surface area contributed by atoms with Gasteiger partial charge < -0.3 is 14.0 Å². The van der Waals surface area contributed by atoms with Gasteiger partial charge in [-0.3, -0.25) is 9.59 Å². The van der Waals surface area contributed by atoms with Gasteiger partial charge in [-0.25, -0.2) is 0 Å². The fourth-order valence-electron chi connectivity index (χ4n) is 2.52. The van der Waals surface area contributed by atoms with Gasteiger partial charge in [0.2, 0.25) is 0 Å². The molecule has 0 unspecified atom stereocenters. The predicted octanol–water partition coefficient (Wildman–Crippen LogP) is 3.35. The van der Waals surface area contributed by atoms with E-state index < -0.39 is 11.9 Å². The van der Waals surface area contributed by atoms with E-state index in [4.69, 9.17) is 9.47 Å². The summed E-state index contributed by atoms with van der Waals surface area (Å²) in [5, 5.41) is 1.87. The highest BCUT2D eigenvalue weighted by molar-refractivity contribution is 7.07. The molecule has 1 amide bonds. The average molecular weight is 410 g/mol. The van der Waals surface area contributed by atoms with Crippen LogP contribution in [0, 0.1) is 6.92 Å². The molecule has 3 rings (SSSR count). The highest BCUT2D eigenvalue weighted by atomic mass is 32.1. The van der Waals surface area contributed by atoms with Crippen LogP contribution in [0.3, 0.4) is 0 Å². The average Bonchev–Trinajstić information content (AvgIpc) is 3.15. The van der Waals surface area contributed by atoms with Crippen LogP contribution < -0.4 is 9.54 Å². The lowest BCUT2D eigenvalue weighted by Crippen LogP contribution is -2.20. The number of rotatable bonds is 8. The van der Waals surface area contributed by atoms with E-state index in [9.17, 15) is 9.59 Å². The summed E-state index contributed by atoms with van der Waals surface area (Å²) in [7, 11) is 0. The second-order valence-corrected chi connectivity index (χ2v) is 7.25. The molecular weight excluding hydrogens is 388 g/mol. The summed E-state index contributed by atoms with van der Waals surface area (Å²) >= 11 is 1.36. The number of para-hydroxylation sites is 1. The Morgan fingerprint density at radius 3 is 2.59 bits per heavy atom. The number of carbonyl (C=O) groups is 2. The van der Waals surface area contributed by atoms with Crippen molar-refractivity contribution in [2.75, 3.05) is 13.2 Å². The number of thiazole rings is 1. The number of hydrogen-bond acceptors (Lipinski definition) is 5. The van der Waals surface area contributed by atoms with Crippen molar-refractivity contribution in [3.05, 3.63) is 82.1 Å². The van der Waals surface area contributed by atoms with E-state index in [1.807, 2.05) is 65.5 Å². The normalized spacial score (nSPS) is 11.3. The van der Waals surface area contributed by atoms with Crippen molar-refractivity contribution >= 4 is 23.2 Å². The molecule has 2 aromatic carbocycles. The maximum atomic E-state index is 12.1. The van der Waals surface area contributed by atoms with Crippen LogP contribution in [0.1, 0.15) is 17.5 Å². The second-order valence-electron chi connectivity index (χ2n) is 6.38. The molecule has 7 heteroatoms. The van der Waals surface area contributed by atoms with E-state index >= 15 is 0 Å². The van der Waals surface area contributed by atoms with Crippen LogP contribution in [0.25, 0.3) is 0 Å². The van der Waals surface area contributed by atoms with Crippen LogP contribution in [0.4, 0.5) is 0 Å². The smallest absolute Gasteiger partial charge is 0.309 e. The Morgan fingerprint density at radius 1 is 1.07 bits per heavy atom. The Morgan fingerprint density at radius 2 is 1.83 bits per heavy atom. The first-order chi connectivity index (χ1) is 14.1. The molecule has 3 aromatic rings. The third-order valence-electron chi connectivity index (χ3n) is 4.03. The molecule has 0 saturated heterocycles. The molecule has 0 aliphatic rings. The van der Waals surface area contributed by atoms with Crippen molar-refractivity contribution in [3.63, 3.8) is 0 Å². The first-order valence-electron chi connectivity index (χ1n) is 9.20. The third-order valence-corrected chi connectivity index (χ3v) is 4.82. The van der Waals surface area contributed by atoms with Crippen molar-refractivity contribution in [3.8, 4) is 5.75 Å². The number of benzene rings is 2. The van der Waals surface area contributed by atoms with Gasteiger partial charge in [0.1, 0.15) is 5.75 Å². The standard InChI is InChI=1S/C22H22N2O4S/c1-17-7-9-18(10-8-17)15-24-12-14-29-22(24)23-20(25)16-28-21(26)11-13-27-19-5-3-2-4-6-19/h2-10,12,14H,11,13,15-16H2,1H3. The fourth-order valence-corrected chi connectivity index (χ4v) is 3.26. The van der Waals surface area contributed by atoms with Crippen molar-refractivity contribution in [2.24, 2.45) is 4.99 Å². The van der Waals surface area contributed by atoms with Gasteiger partial charge >= 0.3 is 5.97 Å². The number of aromatic nitrogens is 1. The second kappa shape index (κ2) is 10.4. The maximum absolute atomic E-state index is 12.1. The van der Waals surface area contributed by atoms with E-state index in [1.165, 1.54) is 16.9 Å². The number of nitrogens with zero attached hydrogens (tertiary/aromatic N) is 2. The first kappa shape index (κ1) is 20.5. The van der Waals surface area contributed by atoms with Gasteiger partial charge in [-0.05, 0) is 24.6 Å². The van der Waals surface area contributed by atoms with E-state index in [0.29, 0.717) is 17.1 Å². The molecule has 0 saturated carbocycles. The zero-order chi connectivity index (χ0) is 20.5. The number of aryl methyl sites for hydroxylation is 1. The van der Waals surface area contributed by atoms with Crippen molar-refractivity contribution in [1.29, 1.82) is 0 Å². The number of hydrogen-bond donors (Lipinski definition) is 0. The molecule has 0 radical (unpaired) electrons. The Bertz CT molecular complexity index is 1010. The van der Waals surface area contributed by atoms with E-state index in [0.717, 1.165) is 5.56 Å². The largest absolute Gasteiger partial charge is 0.493 e. The predicted molar refractivity (Wildman–Crippen MR) is 111 cm³/mol. The van der Waals surface area contributed by atoms with Crippen LogP contribution in [0.5, 0.6) is 5.75 Å². The number of ether oxygens (including phenoxy) is 2. The first-order valence-corrected chi connectivity index (χ1v) is 10.1. The SMILES string of the molecule is Cc1ccc(Cn2ccsc2=NC(=O)COC(=O)CCOc2ccccc2)cc1. The molecule has 0 spiro atoms. The van der Waals surface area contributed by atoms with Gasteiger partial charge in [-0.2, -0.15) is 4.99 Å². The van der Waals surface area contributed by atoms with Gasteiger partial charge in [0, 0.05) is 18.1 Å². The monoisotopic (exact) mass is 410 g/mol. The molecule has 0 atom stereocenters. The molecule has 0 N–H and O–H groups in total. The molecule has 0 aliphatic heterocycles. The number of amides is 1. The van der Waals surface area contributed by atoms with Crippen LogP contribution in [0.15, 0.2) is 71.2 Å². The van der Waals surface area contributed by atoms with Crippen molar-refractivity contribution in [1.82, 2.24) is 4.57 Å². The highest BCUT2D eigenvalue weighted by Gasteiger charge is 2.08. The highest BCUT2D eigenvalue weighted by Crippen LogP contribution is 2.08. The van der Waals surface area contributed by atoms with Gasteiger partial charge in [-0.1, -0.05) is 48.0 Å². The van der Waals surface area contributed by atoms with Crippen LogP contribution in [-0.2, 0) is 20.9 Å². The fraction of sp³-hybridized carbons (Fsp3) is 0.227. The summed E-state index contributed by atoms with van der Waals surface area (Å²) in [6.45, 7) is 2.46. The molecule has 0 aliphatic carbocycles. The number of carbonyl (C=O) groups excluding carboxylic acids is 2. The van der Waals surface area contributed by atoms with E-state index in [-0.39, 0.29) is 19.6 Å². The van der Waals surface area contributed by atoms with Crippen molar-refractivity contribution in [2.45, 2.75) is 19.9 Å². The molecular formula is C22H22N2O4S. The summed E-state index contributed by atoms with van der Waals surface area (Å²) < 4.78 is 12.3. The van der Waals surface area contributed by atoms with Crippen molar-refractivity contribution < 1.29 is 19.1 Å². The van der Waals surface area contributed by atoms with Gasteiger partial charge in [-0.15, -0.1) is 11.3 Å². The van der Waals surface area contributed by atoms with Gasteiger partial charge in [0.15, 0.2) is 11.4 Å². The molecule has 0 bridgehead atoms. The Hall–Kier alpha value is -3.19. The van der Waals surface area contributed by atoms with Crippen LogP contribution in [0.2, 0.25) is 0 Å². The summed E-state index contributed by atoms with van der Waals surface area (Å²) in [5.74, 6) is -0.312. The lowest BCUT2D eigenvalue weighted by molar-refractivity contribution is -0.148. The lowest BCUT2D eigenvalue weighted by Gasteiger charge is -2.06.